The molecule has 0 bridgehead atoms. The highest BCUT2D eigenvalue weighted by molar-refractivity contribution is 5.93. The second-order valence-electron chi connectivity index (χ2n) is 41.6. The van der Waals surface area contributed by atoms with Gasteiger partial charge in [0.05, 0.1) is 18.1 Å². The Balaban J connectivity index is -0.00000185. The Morgan fingerprint density at radius 1 is 0.188 bits per heavy atom. The Hall–Kier alpha value is -5.39. The highest BCUT2D eigenvalue weighted by atomic mass is 16.2. The quantitative estimate of drug-likeness (QED) is 0.0252. The van der Waals surface area contributed by atoms with Gasteiger partial charge in [-0.2, -0.15) is 0 Å². The molecule has 0 aromatic heterocycles. The summed E-state index contributed by atoms with van der Waals surface area (Å²) in [5, 5.41) is 37.9. The number of Topliss-reactive ketones (excluding diaryl/α,β-unsaturated/α-hetero) is 3. The summed E-state index contributed by atoms with van der Waals surface area (Å²) in [4.78, 5) is 141. The lowest BCUT2D eigenvalue weighted by Gasteiger charge is -2.24. The average molecular weight is 1810 g/mol. The zero-order chi connectivity index (χ0) is 97.0. The van der Waals surface area contributed by atoms with Gasteiger partial charge >= 0.3 is 0 Å². The summed E-state index contributed by atoms with van der Waals surface area (Å²) in [5.74, 6) is 3.22. The molecule has 0 heterocycles. The van der Waals surface area contributed by atoms with Crippen LogP contribution in [0.5, 0.6) is 0 Å². The summed E-state index contributed by atoms with van der Waals surface area (Å²) in [6.45, 7) is 55.8. The molecule has 0 saturated heterocycles. The number of unbranched alkanes of at least 4 members (excludes halogenated alkanes) is 13. The van der Waals surface area contributed by atoms with Crippen molar-refractivity contribution in [1.82, 2.24) is 63.8 Å². The van der Waals surface area contributed by atoms with E-state index in [0.29, 0.717) is 138 Å². The van der Waals surface area contributed by atoms with Crippen LogP contribution < -0.4 is 63.8 Å². The molecule has 0 aromatic rings. The van der Waals surface area contributed by atoms with Gasteiger partial charge in [0.25, 0.3) is 0 Å². The maximum atomic E-state index is 13.7. The van der Waals surface area contributed by atoms with E-state index in [9.17, 15) is 52.7 Å². The summed E-state index contributed by atoms with van der Waals surface area (Å²) in [7, 11) is 0. The molecule has 6 atom stereocenters. The van der Waals surface area contributed by atoms with Crippen molar-refractivity contribution >= 4 is 64.6 Å². The van der Waals surface area contributed by atoms with Crippen LogP contribution in [0, 0.1) is 53.3 Å². The van der Waals surface area contributed by atoms with Crippen LogP contribution in [0.4, 0.5) is 0 Å². The van der Waals surface area contributed by atoms with Gasteiger partial charge < -0.3 is 63.8 Å². The first-order chi connectivity index (χ1) is 60.5. The van der Waals surface area contributed by atoms with Gasteiger partial charge in [0.1, 0.15) is 0 Å². The van der Waals surface area contributed by atoms with Crippen molar-refractivity contribution in [1.29, 1.82) is 0 Å². The third-order valence-corrected chi connectivity index (χ3v) is 22.9. The molecule has 0 aliphatic heterocycles. The molecule has 0 aromatic carbocycles. The van der Waals surface area contributed by atoms with Gasteiger partial charge in [-0.25, -0.2) is 0 Å². The lowest BCUT2D eigenvalue weighted by molar-refractivity contribution is -0.132. The lowest BCUT2D eigenvalue weighted by atomic mass is 9.90. The van der Waals surface area contributed by atoms with E-state index in [1.165, 1.54) is 19.3 Å². The normalized spacial score (nSPS) is 13.1. The Bertz CT molecular complexity index is 2810. The van der Waals surface area contributed by atoms with Gasteiger partial charge in [-0.1, -0.05) is 227 Å². The van der Waals surface area contributed by atoms with Gasteiger partial charge in [-0.3, -0.25) is 52.7 Å². The van der Waals surface area contributed by atoms with Crippen LogP contribution in [-0.4, -0.2) is 165 Å². The first kappa shape index (κ1) is 127. The summed E-state index contributed by atoms with van der Waals surface area (Å²) in [5.41, 5.74) is 0. The van der Waals surface area contributed by atoms with Crippen molar-refractivity contribution in [2.24, 2.45) is 53.3 Å². The van der Waals surface area contributed by atoms with Crippen molar-refractivity contribution in [3.8, 4) is 0 Å². The molecule has 0 radical (unpaired) electrons. The van der Waals surface area contributed by atoms with E-state index in [4.69, 9.17) is 0 Å². The van der Waals surface area contributed by atoms with E-state index < -0.39 is 12.0 Å². The molecule has 0 aliphatic carbocycles. The number of carbonyl (C=O) groups excluding carboxylic acids is 11. The smallest absolute Gasteiger partial charge is 0.223 e. The van der Waals surface area contributed by atoms with Crippen LogP contribution in [-0.2, 0) is 52.7 Å². The van der Waals surface area contributed by atoms with E-state index >= 15 is 0 Å². The number of nitrogens with one attached hydrogen (secondary N) is 12. The third kappa shape index (κ3) is 84.8. The predicted molar refractivity (Wildman–Crippen MR) is 536 cm³/mol. The van der Waals surface area contributed by atoms with E-state index in [0.717, 1.165) is 206 Å². The summed E-state index contributed by atoms with van der Waals surface area (Å²) in [6.07, 6.45) is 37.5. The van der Waals surface area contributed by atoms with Crippen LogP contribution in [0.3, 0.4) is 0 Å². The Kier molecular flexibility index (Phi) is 82.6. The van der Waals surface area contributed by atoms with Crippen LogP contribution >= 0.6 is 0 Å². The second kappa shape index (κ2) is 83.4. The van der Waals surface area contributed by atoms with Crippen LogP contribution in [0.15, 0.2) is 0 Å². The third-order valence-electron chi connectivity index (χ3n) is 22.9. The molecule has 0 rings (SSSR count). The standard InChI is InChI=1S/C40H78N4O4.C35H68N4O4.C30H60N4O3/c1-31(2)20-10-9-17-27-41-36(24-16-19-29-43-39(47)26-14-12-22-33(5)6)37(45)30-35(40(48)44-34(7)8)23-15-18-28-42-38(46)25-13-11-21-32(3)4;1-26(2)17-9-11-21-33(41)37-24-16-14-20-31(39-34(42)22-12-10-18-27(3)4)32(40)25-30(35(43)38-29(7)8)19-13-15-23-36-28(5)6;1-22(2)15-9-10-18-29(36)32-20-14-12-17-27(33-24(5)6)28(35)21-26(30(37)34-25(7)8)16-11-13-19-31-23(3)4/h31-36,41H,9-30H2,1-8H3,(H,42,46)(H,43,47)(H,44,48);26-31,36H,9-25H2,1-8H3,(H,37,41)(H,38,43)(H,39,42);22-27,31,33H,9-21H2,1-8H3,(H,32,36)(H,34,37). The van der Waals surface area contributed by atoms with E-state index in [1.807, 2.05) is 55.4 Å². The Morgan fingerprint density at radius 2 is 0.414 bits per heavy atom. The molecule has 128 heavy (non-hydrogen) atoms. The molecule has 752 valence electrons. The van der Waals surface area contributed by atoms with Crippen LogP contribution in [0.2, 0.25) is 0 Å². The van der Waals surface area contributed by atoms with Crippen molar-refractivity contribution in [3.63, 3.8) is 0 Å². The number of ketones is 3. The highest BCUT2D eigenvalue weighted by Crippen LogP contribution is 2.23. The van der Waals surface area contributed by atoms with Gasteiger partial charge in [-0.15, -0.1) is 0 Å². The summed E-state index contributed by atoms with van der Waals surface area (Å²) >= 11 is 0. The first-order valence-electron chi connectivity index (χ1n) is 52.4. The van der Waals surface area contributed by atoms with E-state index in [1.54, 1.807) is 0 Å². The fourth-order valence-electron chi connectivity index (χ4n) is 15.4. The SMILES string of the molecule is CC(C)CCCCC(=O)NCCCCC(NC(=O)CCCCC(C)C)C(=O)CC(CCCCNC(C)C)C(=O)NC(C)C.CC(C)CCCCC(=O)NCCCCC(NC(C)C)C(=O)CC(CCCCNC(C)C)C(=O)NC(C)C.CC(C)CCCCCNC(CCCCNC(=O)CCCCC(C)C)C(=O)CC(CCCCNC(=O)CCCCC(C)C)C(=O)NC(C)C. The van der Waals surface area contributed by atoms with Crippen molar-refractivity contribution in [2.45, 2.75) is 509 Å². The number of rotatable bonds is 82. The van der Waals surface area contributed by atoms with Crippen molar-refractivity contribution in [3.05, 3.63) is 0 Å². The molecule has 23 nitrogen and oxygen atoms in total. The largest absolute Gasteiger partial charge is 0.356 e. The van der Waals surface area contributed by atoms with Gasteiger partial charge in [0.15, 0.2) is 17.3 Å². The molecule has 0 spiro atoms. The van der Waals surface area contributed by atoms with Crippen molar-refractivity contribution in [2.75, 3.05) is 45.8 Å². The van der Waals surface area contributed by atoms with Gasteiger partial charge in [0, 0.05) is 132 Å². The predicted octanol–water partition coefficient (Wildman–Crippen LogP) is 19.8. The number of amides is 8. The van der Waals surface area contributed by atoms with Crippen LogP contribution in [0.1, 0.15) is 455 Å². The fraction of sp³-hybridized carbons (Fsp3) is 0.895. The maximum Gasteiger partial charge on any atom is 0.223 e. The molecule has 8 amide bonds. The minimum Gasteiger partial charge on any atom is -0.356 e. The van der Waals surface area contributed by atoms with E-state index in [-0.39, 0.29) is 132 Å². The monoisotopic (exact) mass is 1810 g/mol. The molecule has 0 aliphatic rings. The molecule has 0 fully saturated rings. The Labute approximate surface area is 785 Å². The summed E-state index contributed by atoms with van der Waals surface area (Å²) in [6, 6.07) is -0.0370. The lowest BCUT2D eigenvalue weighted by Crippen LogP contribution is -2.43. The van der Waals surface area contributed by atoms with E-state index in [2.05, 4.69) is 175 Å². The molecule has 23 heteroatoms. The zero-order valence-corrected chi connectivity index (χ0v) is 87.2. The molecular formula is C105H206N12O11. The Morgan fingerprint density at radius 3 is 0.695 bits per heavy atom. The van der Waals surface area contributed by atoms with Crippen LogP contribution in [0.25, 0.3) is 0 Å². The van der Waals surface area contributed by atoms with Gasteiger partial charge in [0.2, 0.25) is 47.3 Å². The number of hydrogen-bond donors (Lipinski definition) is 12. The highest BCUT2D eigenvalue weighted by Gasteiger charge is 2.31. The van der Waals surface area contributed by atoms with Crippen molar-refractivity contribution < 1.29 is 52.7 Å². The topological polar surface area (TPSA) is 332 Å². The average Bonchev–Trinajstić information content (AvgIpc) is 0.852. The number of hydrogen-bond acceptors (Lipinski definition) is 15. The molecule has 0 saturated carbocycles. The molecular weight excluding hydrogens is 1610 g/mol. The second-order valence-corrected chi connectivity index (χ2v) is 41.6. The minimum absolute atomic E-state index is 0.000496. The number of carbonyl (C=O) groups is 11. The van der Waals surface area contributed by atoms with Gasteiger partial charge in [-0.05, 0) is 232 Å². The first-order valence-corrected chi connectivity index (χ1v) is 52.4. The fourth-order valence-corrected chi connectivity index (χ4v) is 15.4. The summed E-state index contributed by atoms with van der Waals surface area (Å²) < 4.78 is 0. The molecule has 12 N–H and O–H groups in total. The zero-order valence-electron chi connectivity index (χ0n) is 87.2. The maximum absolute atomic E-state index is 13.7. The minimum atomic E-state index is -0.610. The molecule has 6 unspecified atom stereocenters.